The first-order chi connectivity index (χ1) is 10.8. The number of para-hydroxylation sites is 1. The van der Waals surface area contributed by atoms with Crippen LogP contribution in [0.3, 0.4) is 0 Å². The average Bonchev–Trinajstić information content (AvgIpc) is 2.48. The van der Waals surface area contributed by atoms with Crippen molar-refractivity contribution in [3.63, 3.8) is 0 Å². The molecule has 0 fully saturated rings. The van der Waals surface area contributed by atoms with Gasteiger partial charge in [-0.3, -0.25) is 15.5 Å². The zero-order valence-electron chi connectivity index (χ0n) is 11.4. The molecule has 6 nitrogen and oxygen atoms in total. The van der Waals surface area contributed by atoms with Crippen molar-refractivity contribution in [3.05, 3.63) is 63.7 Å². The van der Waals surface area contributed by atoms with E-state index in [4.69, 9.17) is 0 Å². The number of nitro groups is 1. The van der Waals surface area contributed by atoms with E-state index in [0.717, 1.165) is 24.4 Å². The number of hydrazone groups is 1. The lowest BCUT2D eigenvalue weighted by atomic mass is 10.2. The molecule has 2 aromatic carbocycles. The lowest BCUT2D eigenvalue weighted by molar-refractivity contribution is -0.398. The van der Waals surface area contributed by atoms with E-state index in [0.29, 0.717) is 0 Å². The van der Waals surface area contributed by atoms with Gasteiger partial charge in [0.25, 0.3) is 5.69 Å². The second-order valence-electron chi connectivity index (χ2n) is 4.40. The first-order valence-corrected chi connectivity index (χ1v) is 6.20. The summed E-state index contributed by atoms with van der Waals surface area (Å²) >= 11 is 0. The molecule has 23 heavy (non-hydrogen) atoms. The molecule has 0 saturated carbocycles. The molecule has 0 atom stereocenters. The maximum Gasteiger partial charge on any atom is 0.418 e. The van der Waals surface area contributed by atoms with Crippen LogP contribution in [-0.4, -0.2) is 11.1 Å². The zero-order valence-corrected chi connectivity index (χ0v) is 11.4. The van der Waals surface area contributed by atoms with Gasteiger partial charge in [0.2, 0.25) is 0 Å². The lowest BCUT2D eigenvalue weighted by Crippen LogP contribution is -2.08. The summed E-state index contributed by atoms with van der Waals surface area (Å²) in [5, 5.41) is 25.5. The Balaban J connectivity index is 2.21. The Morgan fingerprint density at radius 3 is 2.52 bits per heavy atom. The Bertz CT molecular complexity index is 760. The van der Waals surface area contributed by atoms with E-state index < -0.39 is 28.1 Å². The van der Waals surface area contributed by atoms with E-state index in [1.54, 1.807) is 0 Å². The summed E-state index contributed by atoms with van der Waals surface area (Å²) in [5.41, 5.74) is 0.652. The van der Waals surface area contributed by atoms with Crippen molar-refractivity contribution in [1.82, 2.24) is 0 Å². The minimum absolute atomic E-state index is 0.202. The molecule has 0 unspecified atom stereocenters. The number of nitrogens with zero attached hydrogens (tertiary/aromatic N) is 2. The standard InChI is InChI=1S/C14H10F3N3O3/c15-14(16,17)10-3-1-2-4-11(10)19-18-8-9-5-6-13(21)12(7-9)20(22)23/h1-8,19,21H/p-1/b18-8-. The maximum absolute atomic E-state index is 12.8. The summed E-state index contributed by atoms with van der Waals surface area (Å²) in [7, 11) is 0. The number of nitro benzene ring substituents is 1. The second-order valence-corrected chi connectivity index (χ2v) is 4.40. The van der Waals surface area contributed by atoms with Crippen LogP contribution in [0, 0.1) is 10.1 Å². The fraction of sp³-hybridized carbons (Fsp3) is 0.0714. The molecule has 0 amide bonds. The molecule has 0 aliphatic carbocycles. The Morgan fingerprint density at radius 2 is 1.87 bits per heavy atom. The predicted octanol–water partition coefficient (Wildman–Crippen LogP) is 3.13. The Kier molecular flexibility index (Phi) is 4.49. The maximum atomic E-state index is 12.8. The molecule has 9 heteroatoms. The molecule has 0 bridgehead atoms. The average molecular weight is 324 g/mol. The molecule has 1 N–H and O–H groups in total. The van der Waals surface area contributed by atoms with Crippen molar-refractivity contribution >= 4 is 17.6 Å². The fourth-order valence-corrected chi connectivity index (χ4v) is 1.76. The molecular formula is C14H9F3N3O3-. The van der Waals surface area contributed by atoms with Gasteiger partial charge < -0.3 is 5.11 Å². The number of benzene rings is 2. The van der Waals surface area contributed by atoms with Crippen LogP contribution in [0.2, 0.25) is 0 Å². The van der Waals surface area contributed by atoms with Crippen molar-refractivity contribution in [3.8, 4) is 5.75 Å². The minimum atomic E-state index is -4.54. The number of alkyl halides is 3. The van der Waals surface area contributed by atoms with E-state index in [2.05, 4.69) is 10.5 Å². The first kappa shape index (κ1) is 16.3. The number of rotatable bonds is 4. The largest absolute Gasteiger partial charge is 0.868 e. The highest BCUT2D eigenvalue weighted by Crippen LogP contribution is 2.34. The van der Waals surface area contributed by atoms with Crippen LogP contribution in [0.15, 0.2) is 47.6 Å². The zero-order chi connectivity index (χ0) is 17.0. The Labute approximate surface area is 128 Å². The van der Waals surface area contributed by atoms with Gasteiger partial charge in [0.1, 0.15) is 0 Å². The van der Waals surface area contributed by atoms with Crippen molar-refractivity contribution in [1.29, 1.82) is 0 Å². The Morgan fingerprint density at radius 1 is 1.17 bits per heavy atom. The highest BCUT2D eigenvalue weighted by Gasteiger charge is 2.33. The van der Waals surface area contributed by atoms with E-state index >= 15 is 0 Å². The minimum Gasteiger partial charge on any atom is -0.868 e. The quantitative estimate of drug-likeness (QED) is 0.531. The number of nitrogens with one attached hydrogen (secondary N) is 1. The van der Waals surface area contributed by atoms with Crippen LogP contribution >= 0.6 is 0 Å². The van der Waals surface area contributed by atoms with E-state index in [-0.39, 0.29) is 11.3 Å². The van der Waals surface area contributed by atoms with Gasteiger partial charge in [-0.15, -0.1) is 0 Å². The summed E-state index contributed by atoms with van der Waals surface area (Å²) in [5.74, 6) is -0.762. The van der Waals surface area contributed by atoms with Gasteiger partial charge in [0, 0.05) is 11.6 Å². The van der Waals surface area contributed by atoms with Crippen LogP contribution in [0.4, 0.5) is 24.5 Å². The molecule has 120 valence electrons. The fourth-order valence-electron chi connectivity index (χ4n) is 1.76. The number of hydrogen-bond donors (Lipinski definition) is 1. The van der Waals surface area contributed by atoms with Crippen molar-refractivity contribution in [2.75, 3.05) is 5.43 Å². The molecule has 0 aromatic heterocycles. The number of hydrogen-bond acceptors (Lipinski definition) is 5. The van der Waals surface area contributed by atoms with Crippen LogP contribution in [0.1, 0.15) is 11.1 Å². The summed E-state index contributed by atoms with van der Waals surface area (Å²) in [6.07, 6.45) is -3.46. The summed E-state index contributed by atoms with van der Waals surface area (Å²) in [6, 6.07) is 8.00. The summed E-state index contributed by atoms with van der Waals surface area (Å²) < 4.78 is 38.3. The van der Waals surface area contributed by atoms with Crippen molar-refractivity contribution < 1.29 is 23.2 Å². The van der Waals surface area contributed by atoms with E-state index in [9.17, 15) is 28.4 Å². The molecular weight excluding hydrogens is 315 g/mol. The number of halogens is 3. The van der Waals surface area contributed by atoms with Gasteiger partial charge in [0.05, 0.1) is 22.4 Å². The van der Waals surface area contributed by atoms with Crippen LogP contribution in [0.25, 0.3) is 0 Å². The molecule has 0 saturated heterocycles. The molecule has 0 aliphatic heterocycles. The highest BCUT2D eigenvalue weighted by atomic mass is 19.4. The smallest absolute Gasteiger partial charge is 0.418 e. The summed E-state index contributed by atoms with van der Waals surface area (Å²) in [4.78, 5) is 9.80. The monoisotopic (exact) mass is 324 g/mol. The first-order valence-electron chi connectivity index (χ1n) is 6.20. The third kappa shape index (κ3) is 3.96. The predicted molar refractivity (Wildman–Crippen MR) is 75.2 cm³/mol. The molecule has 0 radical (unpaired) electrons. The van der Waals surface area contributed by atoms with Gasteiger partial charge in [-0.25, -0.2) is 0 Å². The van der Waals surface area contributed by atoms with E-state index in [1.807, 2.05) is 0 Å². The molecule has 2 aromatic rings. The topological polar surface area (TPSA) is 90.6 Å². The summed E-state index contributed by atoms with van der Waals surface area (Å²) in [6.45, 7) is 0. The Hall–Kier alpha value is -3.10. The lowest BCUT2D eigenvalue weighted by Gasteiger charge is -2.11. The molecule has 0 aliphatic rings. The van der Waals surface area contributed by atoms with Crippen LogP contribution in [0.5, 0.6) is 5.75 Å². The van der Waals surface area contributed by atoms with E-state index in [1.165, 1.54) is 24.3 Å². The number of anilines is 1. The van der Waals surface area contributed by atoms with Crippen molar-refractivity contribution in [2.24, 2.45) is 5.10 Å². The molecule has 0 spiro atoms. The van der Waals surface area contributed by atoms with Gasteiger partial charge in [-0.1, -0.05) is 24.3 Å². The molecule has 2 rings (SSSR count). The molecule has 0 heterocycles. The third-order valence-corrected chi connectivity index (χ3v) is 2.81. The van der Waals surface area contributed by atoms with Gasteiger partial charge in [-0.2, -0.15) is 18.3 Å². The second kappa shape index (κ2) is 6.34. The highest BCUT2D eigenvalue weighted by molar-refractivity contribution is 5.82. The normalized spacial score (nSPS) is 11.6. The SMILES string of the molecule is O=[N+]([O-])c1cc(/C=N\Nc2ccccc2C(F)(F)F)ccc1[O-]. The van der Waals surface area contributed by atoms with Gasteiger partial charge >= 0.3 is 6.18 Å². The van der Waals surface area contributed by atoms with Gasteiger partial charge in [0.15, 0.2) is 0 Å². The van der Waals surface area contributed by atoms with Crippen molar-refractivity contribution in [2.45, 2.75) is 6.18 Å². The van der Waals surface area contributed by atoms with Gasteiger partial charge in [-0.05, 0) is 17.9 Å². The van der Waals surface area contributed by atoms with Crippen LogP contribution < -0.4 is 10.5 Å². The third-order valence-electron chi connectivity index (χ3n) is 2.81. The van der Waals surface area contributed by atoms with Crippen LogP contribution in [-0.2, 0) is 6.18 Å².